The van der Waals surface area contributed by atoms with E-state index in [2.05, 4.69) is 47.6 Å². The number of hydrogen-bond acceptors (Lipinski definition) is 3. The van der Waals surface area contributed by atoms with Crippen LogP contribution in [0.5, 0.6) is 0 Å². The van der Waals surface area contributed by atoms with Gasteiger partial charge in [0.25, 0.3) is 0 Å². The van der Waals surface area contributed by atoms with E-state index in [-0.39, 0.29) is 5.54 Å². The molecule has 68 valence electrons. The highest BCUT2D eigenvalue weighted by Gasteiger charge is 2.31. The fourth-order valence-corrected chi connectivity index (χ4v) is 1.49. The predicted molar refractivity (Wildman–Crippen MR) is 48.9 cm³/mol. The largest absolute Gasteiger partial charge is 0.222 e. The minimum atomic E-state index is -0.127. The van der Waals surface area contributed by atoms with E-state index in [4.69, 9.17) is 0 Å². The summed E-state index contributed by atoms with van der Waals surface area (Å²) in [5, 5.41) is 11.2. The zero-order valence-electron chi connectivity index (χ0n) is 7.75. The van der Waals surface area contributed by atoms with Gasteiger partial charge in [-0.15, -0.1) is 5.10 Å². The fraction of sp³-hybridized carbons (Fsp3) is 0.444. The summed E-state index contributed by atoms with van der Waals surface area (Å²) in [5.41, 5.74) is -0.127. The van der Waals surface area contributed by atoms with E-state index in [0.29, 0.717) is 5.92 Å². The van der Waals surface area contributed by atoms with Crippen molar-refractivity contribution in [3.8, 4) is 0 Å². The van der Waals surface area contributed by atoms with Gasteiger partial charge in [0.2, 0.25) is 0 Å². The smallest absolute Gasteiger partial charge is 0.139 e. The average molecular weight is 176 g/mol. The first-order chi connectivity index (χ1) is 6.23. The van der Waals surface area contributed by atoms with Crippen LogP contribution in [0, 0.1) is 5.92 Å². The third kappa shape index (κ3) is 1.18. The Morgan fingerprint density at radius 2 is 2.23 bits per heavy atom. The van der Waals surface area contributed by atoms with Crippen molar-refractivity contribution in [3.05, 3.63) is 30.6 Å². The van der Waals surface area contributed by atoms with Gasteiger partial charge in [-0.05, 0) is 17.4 Å². The first-order valence-corrected chi connectivity index (χ1v) is 4.33. The summed E-state index contributed by atoms with van der Waals surface area (Å²) in [6.07, 6.45) is 10.0. The SMILES string of the molecule is CC1C=CC=CC1(C)n1cnnn1. The molecule has 0 saturated carbocycles. The Kier molecular flexibility index (Phi) is 1.76. The summed E-state index contributed by atoms with van der Waals surface area (Å²) < 4.78 is 1.79. The summed E-state index contributed by atoms with van der Waals surface area (Å²) >= 11 is 0. The second-order valence-corrected chi connectivity index (χ2v) is 3.51. The summed E-state index contributed by atoms with van der Waals surface area (Å²) in [4.78, 5) is 0. The monoisotopic (exact) mass is 176 g/mol. The average Bonchev–Trinajstić information content (AvgIpc) is 2.63. The molecule has 4 heteroatoms. The van der Waals surface area contributed by atoms with Gasteiger partial charge in [0, 0.05) is 5.92 Å². The van der Waals surface area contributed by atoms with E-state index in [1.807, 2.05) is 6.08 Å². The Morgan fingerprint density at radius 3 is 2.85 bits per heavy atom. The highest BCUT2D eigenvalue weighted by Crippen LogP contribution is 2.29. The molecule has 1 heterocycles. The molecule has 4 nitrogen and oxygen atoms in total. The zero-order chi connectivity index (χ0) is 9.31. The zero-order valence-corrected chi connectivity index (χ0v) is 7.75. The first-order valence-electron chi connectivity index (χ1n) is 4.33. The van der Waals surface area contributed by atoms with Crippen LogP contribution >= 0.6 is 0 Å². The van der Waals surface area contributed by atoms with Crippen LogP contribution in [0.15, 0.2) is 30.6 Å². The van der Waals surface area contributed by atoms with E-state index < -0.39 is 0 Å². The Balaban J connectivity index is 2.41. The summed E-state index contributed by atoms with van der Waals surface area (Å²) in [5.74, 6) is 0.404. The molecule has 13 heavy (non-hydrogen) atoms. The van der Waals surface area contributed by atoms with Crippen molar-refractivity contribution in [1.29, 1.82) is 0 Å². The molecule has 1 aliphatic rings. The van der Waals surface area contributed by atoms with Gasteiger partial charge in [-0.2, -0.15) is 0 Å². The second-order valence-electron chi connectivity index (χ2n) is 3.51. The normalized spacial score (nSPS) is 32.3. The third-order valence-corrected chi connectivity index (χ3v) is 2.71. The maximum atomic E-state index is 3.93. The van der Waals surface area contributed by atoms with Crippen LogP contribution in [0.2, 0.25) is 0 Å². The molecule has 0 saturated heterocycles. The molecule has 0 fully saturated rings. The quantitative estimate of drug-likeness (QED) is 0.644. The highest BCUT2D eigenvalue weighted by atomic mass is 15.5. The molecule has 0 aromatic carbocycles. The molecule has 0 aliphatic heterocycles. The molecule has 1 aromatic heterocycles. The highest BCUT2D eigenvalue weighted by molar-refractivity contribution is 5.20. The summed E-state index contributed by atoms with van der Waals surface area (Å²) in [6, 6.07) is 0. The van der Waals surface area contributed by atoms with Crippen LogP contribution in [-0.4, -0.2) is 20.2 Å². The van der Waals surface area contributed by atoms with Crippen molar-refractivity contribution in [1.82, 2.24) is 20.2 Å². The Hall–Kier alpha value is -1.45. The lowest BCUT2D eigenvalue weighted by Crippen LogP contribution is -2.35. The molecule has 0 bridgehead atoms. The Morgan fingerprint density at radius 1 is 1.38 bits per heavy atom. The first kappa shape index (κ1) is 8.16. The fourth-order valence-electron chi connectivity index (χ4n) is 1.49. The van der Waals surface area contributed by atoms with E-state index in [1.165, 1.54) is 0 Å². The van der Waals surface area contributed by atoms with Gasteiger partial charge in [-0.25, -0.2) is 4.68 Å². The predicted octanol–water partition coefficient (Wildman–Crippen LogP) is 1.15. The van der Waals surface area contributed by atoms with Crippen molar-refractivity contribution in [2.75, 3.05) is 0 Å². The van der Waals surface area contributed by atoms with Crippen molar-refractivity contribution >= 4 is 0 Å². The van der Waals surface area contributed by atoms with Crippen LogP contribution in [0.1, 0.15) is 13.8 Å². The number of allylic oxidation sites excluding steroid dienone is 4. The molecule has 0 amide bonds. The molecule has 0 radical (unpaired) electrons. The maximum Gasteiger partial charge on any atom is 0.139 e. The van der Waals surface area contributed by atoms with Crippen molar-refractivity contribution in [2.45, 2.75) is 19.4 Å². The molecule has 2 unspecified atom stereocenters. The minimum Gasteiger partial charge on any atom is -0.222 e. The van der Waals surface area contributed by atoms with E-state index >= 15 is 0 Å². The third-order valence-electron chi connectivity index (χ3n) is 2.71. The number of tetrazole rings is 1. The van der Waals surface area contributed by atoms with Gasteiger partial charge in [0.1, 0.15) is 6.33 Å². The van der Waals surface area contributed by atoms with E-state index in [9.17, 15) is 0 Å². The summed E-state index contributed by atoms with van der Waals surface area (Å²) in [7, 11) is 0. The standard InChI is InChI=1S/C9H12N4/c1-8-5-3-4-6-9(8,2)13-7-10-11-12-13/h3-8H,1-2H3. The number of hydrogen-bond donors (Lipinski definition) is 0. The van der Waals surface area contributed by atoms with Gasteiger partial charge in [-0.1, -0.05) is 31.2 Å². The van der Waals surface area contributed by atoms with Crippen LogP contribution in [0.3, 0.4) is 0 Å². The van der Waals surface area contributed by atoms with Gasteiger partial charge in [-0.3, -0.25) is 0 Å². The minimum absolute atomic E-state index is 0.127. The van der Waals surface area contributed by atoms with E-state index in [1.54, 1.807) is 11.0 Å². The molecule has 2 atom stereocenters. The molecule has 0 spiro atoms. The van der Waals surface area contributed by atoms with Gasteiger partial charge in [0.05, 0.1) is 5.54 Å². The number of aromatic nitrogens is 4. The Labute approximate surface area is 76.9 Å². The Bertz CT molecular complexity index is 339. The van der Waals surface area contributed by atoms with Gasteiger partial charge >= 0.3 is 0 Å². The molecule has 1 aromatic rings. The lowest BCUT2D eigenvalue weighted by atomic mass is 9.84. The van der Waals surface area contributed by atoms with Gasteiger partial charge < -0.3 is 0 Å². The van der Waals surface area contributed by atoms with Crippen LogP contribution in [-0.2, 0) is 5.54 Å². The molecular weight excluding hydrogens is 164 g/mol. The molecular formula is C9H12N4. The van der Waals surface area contributed by atoms with Gasteiger partial charge in [0.15, 0.2) is 0 Å². The molecule has 0 N–H and O–H groups in total. The van der Waals surface area contributed by atoms with Crippen molar-refractivity contribution in [2.24, 2.45) is 5.92 Å². The van der Waals surface area contributed by atoms with Crippen LogP contribution in [0.4, 0.5) is 0 Å². The molecule has 1 aliphatic carbocycles. The maximum absolute atomic E-state index is 3.93. The van der Waals surface area contributed by atoms with E-state index in [0.717, 1.165) is 0 Å². The topological polar surface area (TPSA) is 43.6 Å². The van der Waals surface area contributed by atoms with Crippen LogP contribution < -0.4 is 0 Å². The lowest BCUT2D eigenvalue weighted by molar-refractivity contribution is 0.283. The van der Waals surface area contributed by atoms with Crippen molar-refractivity contribution < 1.29 is 0 Å². The number of rotatable bonds is 1. The second kappa shape index (κ2) is 2.80. The summed E-state index contributed by atoms with van der Waals surface area (Å²) in [6.45, 7) is 4.27. The van der Waals surface area contributed by atoms with Crippen molar-refractivity contribution in [3.63, 3.8) is 0 Å². The number of nitrogens with zero attached hydrogens (tertiary/aromatic N) is 4. The molecule has 2 rings (SSSR count). The van der Waals surface area contributed by atoms with Crippen LogP contribution in [0.25, 0.3) is 0 Å². The lowest BCUT2D eigenvalue weighted by Gasteiger charge is -2.31.